The number of Topliss-reactive ketones (excluding diaryl/α,β-unsaturated/α-hetero) is 1. The molecule has 2 heterocycles. The van der Waals surface area contributed by atoms with Crippen LogP contribution in [0.4, 0.5) is 24.8 Å². The van der Waals surface area contributed by atoms with Crippen molar-refractivity contribution in [3.8, 4) is 17.4 Å². The molecule has 0 unspecified atom stereocenters. The minimum Gasteiger partial charge on any atom is -0.495 e. The number of amides is 1. The van der Waals surface area contributed by atoms with E-state index in [1.165, 1.54) is 25.3 Å². The second-order valence-corrected chi connectivity index (χ2v) is 10.4. The van der Waals surface area contributed by atoms with Gasteiger partial charge in [0.05, 0.1) is 28.9 Å². The summed E-state index contributed by atoms with van der Waals surface area (Å²) in [4.78, 5) is 35.5. The van der Waals surface area contributed by atoms with E-state index in [1.54, 1.807) is 26.0 Å². The number of rotatable bonds is 9. The molecule has 224 valence electrons. The number of carbonyl (C=O) groups is 2. The van der Waals surface area contributed by atoms with Crippen LogP contribution in [0.3, 0.4) is 0 Å². The quantitative estimate of drug-likeness (QED) is 0.269. The minimum absolute atomic E-state index is 0.00840. The van der Waals surface area contributed by atoms with Crippen molar-refractivity contribution in [2.75, 3.05) is 32.6 Å². The Bertz CT molecular complexity index is 1480. The molecular weight excluding hydrogens is 575 g/mol. The Morgan fingerprint density at radius 1 is 1.17 bits per heavy atom. The Morgan fingerprint density at radius 3 is 2.52 bits per heavy atom. The third kappa shape index (κ3) is 7.11. The van der Waals surface area contributed by atoms with E-state index < -0.39 is 17.6 Å². The molecule has 13 heteroatoms. The average molecular weight is 606 g/mol. The summed E-state index contributed by atoms with van der Waals surface area (Å²) in [6.07, 6.45) is -2.50. The van der Waals surface area contributed by atoms with Gasteiger partial charge < -0.3 is 25.0 Å². The highest BCUT2D eigenvalue weighted by Crippen LogP contribution is 2.39. The Kier molecular flexibility index (Phi) is 9.57. The molecule has 1 aliphatic heterocycles. The smallest absolute Gasteiger partial charge is 0.423 e. The number of hydrogen-bond donors (Lipinski definition) is 2. The van der Waals surface area contributed by atoms with E-state index in [4.69, 9.17) is 21.1 Å². The molecule has 2 N–H and O–H groups in total. The number of benzene rings is 2. The standard InChI is InChI=1S/C29H31ClF3N5O4/c1-5-22(39)25-16(2)7-6-8-23(25)42-27-19(29(31,32)33)15-34-28(37-27)36-21-14-20(30)18(13-24(21)41-4)26(40)35-17-9-11-38(3)12-10-17/h6-8,13-15,17H,5,9-12H2,1-4H3,(H,35,40)(H,34,36,37). The highest BCUT2D eigenvalue weighted by Gasteiger charge is 2.37. The Balaban J connectivity index is 1.64. The lowest BCUT2D eigenvalue weighted by molar-refractivity contribution is -0.139. The van der Waals surface area contributed by atoms with E-state index in [-0.39, 0.29) is 63.4 Å². The number of hydrogen-bond acceptors (Lipinski definition) is 8. The van der Waals surface area contributed by atoms with Crippen molar-refractivity contribution in [1.82, 2.24) is 20.2 Å². The summed E-state index contributed by atoms with van der Waals surface area (Å²) < 4.78 is 52.6. The molecule has 1 saturated heterocycles. The Labute approximate surface area is 246 Å². The maximum Gasteiger partial charge on any atom is 0.423 e. The van der Waals surface area contributed by atoms with Crippen LogP contribution in [-0.2, 0) is 6.18 Å². The highest BCUT2D eigenvalue weighted by atomic mass is 35.5. The number of nitrogens with zero attached hydrogens (tertiary/aromatic N) is 3. The van der Waals surface area contributed by atoms with Crippen molar-refractivity contribution in [2.45, 2.75) is 45.3 Å². The molecule has 1 aromatic heterocycles. The fourth-order valence-corrected chi connectivity index (χ4v) is 4.84. The van der Waals surface area contributed by atoms with Crippen molar-refractivity contribution < 1.29 is 32.2 Å². The molecule has 0 saturated carbocycles. The van der Waals surface area contributed by atoms with Crippen molar-refractivity contribution in [3.05, 3.63) is 63.8 Å². The summed E-state index contributed by atoms with van der Waals surface area (Å²) in [5.41, 5.74) is -0.108. The highest BCUT2D eigenvalue weighted by molar-refractivity contribution is 6.34. The minimum atomic E-state index is -4.84. The molecular formula is C29H31ClF3N5O4. The maximum atomic E-state index is 13.9. The number of anilines is 2. The number of likely N-dealkylation sites (tertiary alicyclic amines) is 1. The van der Waals surface area contributed by atoms with E-state index in [1.807, 2.05) is 7.05 Å². The van der Waals surface area contributed by atoms with Crippen LogP contribution in [-0.4, -0.2) is 59.8 Å². The second kappa shape index (κ2) is 13.0. The predicted molar refractivity (Wildman–Crippen MR) is 152 cm³/mol. The first-order chi connectivity index (χ1) is 19.9. The van der Waals surface area contributed by atoms with Crippen molar-refractivity contribution in [2.24, 2.45) is 0 Å². The van der Waals surface area contributed by atoms with E-state index in [9.17, 15) is 22.8 Å². The van der Waals surface area contributed by atoms with Crippen LogP contribution >= 0.6 is 11.6 Å². The van der Waals surface area contributed by atoms with Crippen LogP contribution in [0.15, 0.2) is 36.5 Å². The van der Waals surface area contributed by atoms with Gasteiger partial charge in [0, 0.05) is 18.7 Å². The fraction of sp³-hybridized carbons (Fsp3) is 0.379. The molecule has 3 aromatic rings. The maximum absolute atomic E-state index is 13.9. The van der Waals surface area contributed by atoms with Crippen LogP contribution in [0, 0.1) is 6.92 Å². The third-order valence-corrected chi connectivity index (χ3v) is 7.25. The summed E-state index contributed by atoms with van der Waals surface area (Å²) in [6, 6.07) is 7.50. The third-order valence-electron chi connectivity index (χ3n) is 6.93. The van der Waals surface area contributed by atoms with Gasteiger partial charge in [-0.1, -0.05) is 30.7 Å². The number of aromatic nitrogens is 2. The number of methoxy groups -OCH3 is 1. The molecule has 1 amide bonds. The van der Waals surface area contributed by atoms with Crippen LogP contribution in [0.2, 0.25) is 5.02 Å². The topological polar surface area (TPSA) is 106 Å². The zero-order chi connectivity index (χ0) is 30.6. The number of carbonyl (C=O) groups excluding carboxylic acids is 2. The summed E-state index contributed by atoms with van der Waals surface area (Å²) >= 11 is 6.45. The van der Waals surface area contributed by atoms with Crippen LogP contribution in [0.1, 0.15) is 58.0 Å². The van der Waals surface area contributed by atoms with Gasteiger partial charge in [0.2, 0.25) is 11.8 Å². The largest absolute Gasteiger partial charge is 0.495 e. The molecule has 9 nitrogen and oxygen atoms in total. The van der Waals surface area contributed by atoms with Gasteiger partial charge in [0.1, 0.15) is 17.1 Å². The number of nitrogens with one attached hydrogen (secondary N) is 2. The summed E-state index contributed by atoms with van der Waals surface area (Å²) in [6.45, 7) is 5.04. The van der Waals surface area contributed by atoms with Crippen LogP contribution in [0.25, 0.3) is 0 Å². The molecule has 0 aliphatic carbocycles. The number of piperidine rings is 1. The average Bonchev–Trinajstić information content (AvgIpc) is 2.93. The van der Waals surface area contributed by atoms with Gasteiger partial charge in [-0.05, 0) is 63.7 Å². The molecule has 1 aliphatic rings. The predicted octanol–water partition coefficient (Wildman–Crippen LogP) is 6.42. The summed E-state index contributed by atoms with van der Waals surface area (Å²) in [5.74, 6) is -1.58. The van der Waals surface area contributed by atoms with Gasteiger partial charge in [-0.25, -0.2) is 4.98 Å². The Morgan fingerprint density at radius 2 is 1.88 bits per heavy atom. The van der Waals surface area contributed by atoms with Crippen LogP contribution in [0.5, 0.6) is 17.4 Å². The molecule has 2 aromatic carbocycles. The first kappa shape index (κ1) is 31.0. The Hall–Kier alpha value is -3.90. The van der Waals surface area contributed by atoms with Crippen molar-refractivity contribution in [1.29, 1.82) is 0 Å². The molecule has 0 bridgehead atoms. The summed E-state index contributed by atoms with van der Waals surface area (Å²) in [5, 5.41) is 5.88. The molecule has 1 fully saturated rings. The number of ketones is 1. The number of halogens is 4. The second-order valence-electron chi connectivity index (χ2n) is 9.95. The molecule has 42 heavy (non-hydrogen) atoms. The lowest BCUT2D eigenvalue weighted by Gasteiger charge is -2.29. The lowest BCUT2D eigenvalue weighted by Crippen LogP contribution is -2.43. The van der Waals surface area contributed by atoms with E-state index in [0.29, 0.717) is 11.8 Å². The van der Waals surface area contributed by atoms with Gasteiger partial charge in [-0.3, -0.25) is 9.59 Å². The zero-order valence-electron chi connectivity index (χ0n) is 23.6. The van der Waals surface area contributed by atoms with Crippen molar-refractivity contribution in [3.63, 3.8) is 0 Å². The fourth-order valence-electron chi connectivity index (χ4n) is 4.59. The van der Waals surface area contributed by atoms with Gasteiger partial charge in [-0.15, -0.1) is 0 Å². The lowest BCUT2D eigenvalue weighted by atomic mass is 10.0. The van der Waals surface area contributed by atoms with E-state index >= 15 is 0 Å². The molecule has 0 atom stereocenters. The molecule has 0 spiro atoms. The number of alkyl halides is 3. The van der Waals surface area contributed by atoms with Crippen molar-refractivity contribution >= 4 is 34.9 Å². The molecule has 0 radical (unpaired) electrons. The number of aryl methyl sites for hydroxylation is 1. The van der Waals surface area contributed by atoms with Gasteiger partial charge >= 0.3 is 6.18 Å². The van der Waals surface area contributed by atoms with E-state index in [0.717, 1.165) is 25.9 Å². The van der Waals surface area contributed by atoms with Gasteiger partial charge in [-0.2, -0.15) is 18.2 Å². The summed E-state index contributed by atoms with van der Waals surface area (Å²) in [7, 11) is 3.40. The van der Waals surface area contributed by atoms with Gasteiger partial charge in [0.25, 0.3) is 5.91 Å². The number of ether oxygens (including phenoxy) is 2. The van der Waals surface area contributed by atoms with Gasteiger partial charge in [0.15, 0.2) is 5.78 Å². The zero-order valence-corrected chi connectivity index (χ0v) is 24.3. The van der Waals surface area contributed by atoms with E-state index in [2.05, 4.69) is 25.5 Å². The first-order valence-electron chi connectivity index (χ1n) is 13.3. The first-order valence-corrected chi connectivity index (χ1v) is 13.7. The monoisotopic (exact) mass is 605 g/mol. The molecule has 4 rings (SSSR count). The SMILES string of the molecule is CCC(=O)c1c(C)cccc1Oc1nc(Nc2cc(Cl)c(C(=O)NC3CCN(C)CC3)cc2OC)ncc1C(F)(F)F. The van der Waals surface area contributed by atoms with Crippen LogP contribution < -0.4 is 20.1 Å². The normalized spacial score (nSPS) is 14.4.